The lowest BCUT2D eigenvalue weighted by atomic mass is 10.1. The van der Waals surface area contributed by atoms with E-state index in [1.807, 2.05) is 66.2 Å². The summed E-state index contributed by atoms with van der Waals surface area (Å²) in [6.07, 6.45) is 1.78. The van der Waals surface area contributed by atoms with Crippen LogP contribution < -0.4 is 0 Å². The normalized spacial score (nSPS) is 11.1. The number of hydrogen-bond donors (Lipinski definition) is 0. The highest BCUT2D eigenvalue weighted by Crippen LogP contribution is 2.27. The first kappa shape index (κ1) is 14.8. The third kappa shape index (κ3) is 2.65. The van der Waals surface area contributed by atoms with E-state index in [1.165, 1.54) is 0 Å². The van der Waals surface area contributed by atoms with Gasteiger partial charge in [0.05, 0.1) is 12.1 Å². The lowest BCUT2D eigenvalue weighted by molar-refractivity contribution is 0.689. The van der Waals surface area contributed by atoms with Crippen LogP contribution in [0.3, 0.4) is 0 Å². The van der Waals surface area contributed by atoms with Gasteiger partial charge in [0.2, 0.25) is 0 Å². The summed E-state index contributed by atoms with van der Waals surface area (Å²) >= 11 is 6.46. The van der Waals surface area contributed by atoms with Gasteiger partial charge in [-0.15, -0.1) is 0 Å². The van der Waals surface area contributed by atoms with Crippen molar-refractivity contribution >= 4 is 22.5 Å². The molecule has 0 aliphatic rings. The van der Waals surface area contributed by atoms with Gasteiger partial charge in [0.25, 0.3) is 0 Å². The van der Waals surface area contributed by atoms with Crippen molar-refractivity contribution in [3.63, 3.8) is 0 Å². The van der Waals surface area contributed by atoms with Crippen LogP contribution in [0.4, 0.5) is 0 Å². The molecule has 0 radical (unpaired) electrons. The monoisotopic (exact) mass is 334 g/mol. The molecule has 4 nitrogen and oxygen atoms in total. The van der Waals surface area contributed by atoms with Gasteiger partial charge < -0.3 is 0 Å². The summed E-state index contributed by atoms with van der Waals surface area (Å²) in [5, 5.41) is 6.30. The Hall–Kier alpha value is -2.72. The summed E-state index contributed by atoms with van der Waals surface area (Å²) in [5.74, 6) is 1.57. The highest BCUT2D eigenvalue weighted by molar-refractivity contribution is 6.32. The second-order valence-electron chi connectivity index (χ2n) is 5.61. The Morgan fingerprint density at radius 2 is 1.83 bits per heavy atom. The number of aryl methyl sites for hydroxylation is 1. The summed E-state index contributed by atoms with van der Waals surface area (Å²) in [6.45, 7) is 2.42. The first-order chi connectivity index (χ1) is 11.7. The molecular weight excluding hydrogens is 320 g/mol. The van der Waals surface area contributed by atoms with Crippen LogP contribution >= 0.6 is 11.6 Å². The zero-order valence-electron chi connectivity index (χ0n) is 13.1. The van der Waals surface area contributed by atoms with Crippen molar-refractivity contribution in [2.75, 3.05) is 0 Å². The predicted molar refractivity (Wildman–Crippen MR) is 96.1 cm³/mol. The molecular formula is C19H15ClN4. The predicted octanol–water partition coefficient (Wildman–Crippen LogP) is 4.50. The smallest absolute Gasteiger partial charge is 0.158 e. The van der Waals surface area contributed by atoms with Crippen LogP contribution in [0.25, 0.3) is 22.3 Å². The van der Waals surface area contributed by atoms with Crippen LogP contribution in [0, 0.1) is 6.92 Å². The Kier molecular flexibility index (Phi) is 3.75. The SMILES string of the molecule is Cc1nc(-c2ccccc2)n(Cc2c(Cl)ccc3cccnc23)n1. The fourth-order valence-electron chi connectivity index (χ4n) is 2.85. The number of benzene rings is 2. The first-order valence-corrected chi connectivity index (χ1v) is 8.09. The van der Waals surface area contributed by atoms with E-state index in [2.05, 4.69) is 15.1 Å². The average molecular weight is 335 g/mol. The van der Waals surface area contributed by atoms with Gasteiger partial charge in [-0.3, -0.25) is 4.98 Å². The Bertz CT molecular complexity index is 1010. The molecule has 0 fully saturated rings. The van der Waals surface area contributed by atoms with Gasteiger partial charge in [0.1, 0.15) is 5.82 Å². The highest BCUT2D eigenvalue weighted by Gasteiger charge is 2.14. The number of pyridine rings is 1. The summed E-state index contributed by atoms with van der Waals surface area (Å²) in [7, 11) is 0. The molecule has 5 heteroatoms. The summed E-state index contributed by atoms with van der Waals surface area (Å²) in [4.78, 5) is 9.08. The maximum atomic E-state index is 6.46. The molecule has 4 aromatic rings. The van der Waals surface area contributed by atoms with Crippen LogP contribution in [0.2, 0.25) is 5.02 Å². The maximum absolute atomic E-state index is 6.46. The molecule has 0 saturated heterocycles. The van der Waals surface area contributed by atoms with Crippen LogP contribution in [0.5, 0.6) is 0 Å². The van der Waals surface area contributed by atoms with E-state index in [-0.39, 0.29) is 0 Å². The number of aromatic nitrogens is 4. The summed E-state index contributed by atoms with van der Waals surface area (Å²) < 4.78 is 1.89. The molecule has 0 amide bonds. The van der Waals surface area contributed by atoms with Gasteiger partial charge in [-0.2, -0.15) is 5.10 Å². The standard InChI is InChI=1S/C19H15ClN4/c1-13-22-19(15-6-3-2-4-7-15)24(23-13)12-16-17(20)10-9-14-8-5-11-21-18(14)16/h2-11H,12H2,1H3. The molecule has 0 unspecified atom stereocenters. The molecule has 2 heterocycles. The third-order valence-electron chi connectivity index (χ3n) is 3.94. The van der Waals surface area contributed by atoms with E-state index < -0.39 is 0 Å². The lowest BCUT2D eigenvalue weighted by Crippen LogP contribution is -2.06. The highest BCUT2D eigenvalue weighted by atomic mass is 35.5. The number of fused-ring (bicyclic) bond motifs is 1. The van der Waals surface area contributed by atoms with E-state index in [0.717, 1.165) is 33.7 Å². The van der Waals surface area contributed by atoms with E-state index in [1.54, 1.807) is 6.20 Å². The van der Waals surface area contributed by atoms with E-state index in [4.69, 9.17) is 11.6 Å². The van der Waals surface area contributed by atoms with Gasteiger partial charge in [-0.05, 0) is 19.1 Å². The maximum Gasteiger partial charge on any atom is 0.158 e. The van der Waals surface area contributed by atoms with Crippen molar-refractivity contribution in [3.8, 4) is 11.4 Å². The number of rotatable bonds is 3. The van der Waals surface area contributed by atoms with Crippen molar-refractivity contribution in [1.82, 2.24) is 19.7 Å². The molecule has 0 atom stereocenters. The van der Waals surface area contributed by atoms with Crippen molar-refractivity contribution in [2.24, 2.45) is 0 Å². The first-order valence-electron chi connectivity index (χ1n) is 7.71. The van der Waals surface area contributed by atoms with Crippen LogP contribution in [-0.4, -0.2) is 19.7 Å². The van der Waals surface area contributed by atoms with Gasteiger partial charge >= 0.3 is 0 Å². The Balaban J connectivity index is 1.84. The minimum atomic E-state index is 0.526. The van der Waals surface area contributed by atoms with Crippen LogP contribution in [0.1, 0.15) is 11.4 Å². The minimum Gasteiger partial charge on any atom is -0.256 e. The molecule has 0 bridgehead atoms. The number of hydrogen-bond acceptors (Lipinski definition) is 3. The van der Waals surface area contributed by atoms with E-state index >= 15 is 0 Å². The minimum absolute atomic E-state index is 0.526. The van der Waals surface area contributed by atoms with Gasteiger partial charge in [-0.1, -0.05) is 54.1 Å². The zero-order chi connectivity index (χ0) is 16.5. The number of nitrogens with zero attached hydrogens (tertiary/aromatic N) is 4. The lowest BCUT2D eigenvalue weighted by Gasteiger charge is -2.10. The third-order valence-corrected chi connectivity index (χ3v) is 4.29. The van der Waals surface area contributed by atoms with Crippen molar-refractivity contribution in [3.05, 3.63) is 77.2 Å². The average Bonchev–Trinajstić information content (AvgIpc) is 2.99. The zero-order valence-corrected chi connectivity index (χ0v) is 13.9. The number of halogens is 1. The topological polar surface area (TPSA) is 43.6 Å². The Morgan fingerprint density at radius 1 is 1.00 bits per heavy atom. The Morgan fingerprint density at radius 3 is 2.67 bits per heavy atom. The van der Waals surface area contributed by atoms with Crippen molar-refractivity contribution in [1.29, 1.82) is 0 Å². The fourth-order valence-corrected chi connectivity index (χ4v) is 3.06. The van der Waals surface area contributed by atoms with Crippen LogP contribution in [-0.2, 0) is 6.54 Å². The molecule has 0 spiro atoms. The summed E-state index contributed by atoms with van der Waals surface area (Å²) in [6, 6.07) is 17.9. The van der Waals surface area contributed by atoms with Crippen molar-refractivity contribution in [2.45, 2.75) is 13.5 Å². The van der Waals surface area contributed by atoms with E-state index in [9.17, 15) is 0 Å². The molecule has 2 aromatic heterocycles. The molecule has 24 heavy (non-hydrogen) atoms. The van der Waals surface area contributed by atoms with Crippen molar-refractivity contribution < 1.29 is 0 Å². The van der Waals surface area contributed by atoms with E-state index in [0.29, 0.717) is 11.6 Å². The quantitative estimate of drug-likeness (QED) is 0.554. The van der Waals surface area contributed by atoms with Gasteiger partial charge in [0.15, 0.2) is 5.82 Å². The summed E-state index contributed by atoms with van der Waals surface area (Å²) in [5.41, 5.74) is 2.89. The largest absolute Gasteiger partial charge is 0.256 e. The van der Waals surface area contributed by atoms with Gasteiger partial charge in [0, 0.05) is 27.7 Å². The van der Waals surface area contributed by atoms with Crippen LogP contribution in [0.15, 0.2) is 60.8 Å². The fraction of sp³-hybridized carbons (Fsp3) is 0.105. The molecule has 118 valence electrons. The van der Waals surface area contributed by atoms with Gasteiger partial charge in [-0.25, -0.2) is 9.67 Å². The molecule has 2 aromatic carbocycles. The Labute approximate surface area is 144 Å². The molecule has 0 aliphatic heterocycles. The molecule has 4 rings (SSSR count). The molecule has 0 aliphatic carbocycles. The molecule has 0 N–H and O–H groups in total. The molecule has 0 saturated carbocycles. The second kappa shape index (κ2) is 6.06. The second-order valence-corrected chi connectivity index (χ2v) is 6.01.